The Labute approximate surface area is 98.2 Å². The maximum atomic E-state index is 4.32. The highest BCUT2D eigenvalue weighted by atomic mass is 32.1. The van der Waals surface area contributed by atoms with Gasteiger partial charge in [0.05, 0.1) is 5.69 Å². The molecule has 0 atom stereocenters. The third-order valence-corrected chi connectivity index (χ3v) is 3.73. The zero-order valence-corrected chi connectivity index (χ0v) is 10.1. The van der Waals surface area contributed by atoms with E-state index in [2.05, 4.69) is 47.5 Å². The molecule has 0 saturated carbocycles. The van der Waals surface area contributed by atoms with Crippen LogP contribution in [0.5, 0.6) is 0 Å². The molecule has 16 heavy (non-hydrogen) atoms. The van der Waals surface area contributed by atoms with Gasteiger partial charge in [0, 0.05) is 17.3 Å². The average Bonchev–Trinajstić information content (AvgIpc) is 2.79. The molecule has 3 heteroatoms. The minimum absolute atomic E-state index is 1.06. The number of rotatable bonds is 1. The van der Waals surface area contributed by atoms with Crippen LogP contribution in [0.2, 0.25) is 0 Å². The summed E-state index contributed by atoms with van der Waals surface area (Å²) in [5.74, 6) is 0. The Bertz CT molecular complexity index is 632. The van der Waals surface area contributed by atoms with E-state index in [1.54, 1.807) is 11.3 Å². The minimum Gasteiger partial charge on any atom is -0.290 e. The van der Waals surface area contributed by atoms with Crippen LogP contribution in [-0.4, -0.2) is 9.38 Å². The number of imidazole rings is 1. The Hall–Kier alpha value is -1.61. The molecule has 3 rings (SSSR count). The molecule has 0 saturated heterocycles. The summed E-state index contributed by atoms with van der Waals surface area (Å²) in [6.07, 6.45) is 3.87. The predicted molar refractivity (Wildman–Crippen MR) is 68.0 cm³/mol. The summed E-state index contributed by atoms with van der Waals surface area (Å²) in [6.45, 7) is 4.26. The van der Waals surface area contributed by atoms with Crippen molar-refractivity contribution < 1.29 is 0 Å². The second-order valence-electron chi connectivity index (χ2n) is 3.95. The second-order valence-corrected chi connectivity index (χ2v) is 5.13. The Balaban J connectivity index is 2.28. The van der Waals surface area contributed by atoms with Crippen molar-refractivity contribution in [2.24, 2.45) is 0 Å². The highest BCUT2D eigenvalue weighted by Gasteiger charge is 2.10. The molecule has 0 fully saturated rings. The van der Waals surface area contributed by atoms with Crippen molar-refractivity contribution in [3.05, 3.63) is 47.1 Å². The molecule has 0 bridgehead atoms. The van der Waals surface area contributed by atoms with Gasteiger partial charge in [0.25, 0.3) is 0 Å². The van der Waals surface area contributed by atoms with Crippen LogP contribution < -0.4 is 0 Å². The van der Waals surface area contributed by atoms with Gasteiger partial charge in [-0.05, 0) is 19.4 Å². The van der Waals surface area contributed by atoms with Crippen molar-refractivity contribution in [3.63, 3.8) is 0 Å². The van der Waals surface area contributed by atoms with Crippen molar-refractivity contribution in [1.82, 2.24) is 9.38 Å². The van der Waals surface area contributed by atoms with Gasteiger partial charge in [0.15, 0.2) is 4.96 Å². The molecule has 0 amide bonds. The summed E-state index contributed by atoms with van der Waals surface area (Å²) in [4.78, 5) is 6.70. The van der Waals surface area contributed by atoms with Crippen molar-refractivity contribution in [3.8, 4) is 11.3 Å². The number of thiazole rings is 1. The van der Waals surface area contributed by atoms with E-state index in [0.29, 0.717) is 0 Å². The molecule has 1 aromatic carbocycles. The molecular weight excluding hydrogens is 216 g/mol. The van der Waals surface area contributed by atoms with Gasteiger partial charge in [-0.1, -0.05) is 29.8 Å². The van der Waals surface area contributed by atoms with E-state index >= 15 is 0 Å². The molecule has 0 N–H and O–H groups in total. The van der Waals surface area contributed by atoms with Gasteiger partial charge in [-0.3, -0.25) is 4.40 Å². The van der Waals surface area contributed by atoms with E-state index in [1.807, 2.05) is 12.4 Å². The number of hydrogen-bond acceptors (Lipinski definition) is 2. The first-order chi connectivity index (χ1) is 7.75. The maximum Gasteiger partial charge on any atom is 0.194 e. The molecule has 0 unspecified atom stereocenters. The molecule has 0 aliphatic carbocycles. The summed E-state index contributed by atoms with van der Waals surface area (Å²) in [5.41, 5.74) is 3.81. The predicted octanol–water partition coefficient (Wildman–Crippen LogP) is 3.68. The summed E-state index contributed by atoms with van der Waals surface area (Å²) in [5, 5.41) is 0. The highest BCUT2D eigenvalue weighted by Crippen LogP contribution is 2.30. The fraction of sp³-hybridized carbons (Fsp3) is 0.154. The molecule has 0 aliphatic rings. The normalized spacial score (nSPS) is 11.1. The third-order valence-electron chi connectivity index (χ3n) is 2.75. The summed E-state index contributed by atoms with van der Waals surface area (Å²) >= 11 is 1.74. The molecule has 2 nitrogen and oxygen atoms in total. The lowest BCUT2D eigenvalue weighted by Gasteiger charge is -2.02. The van der Waals surface area contributed by atoms with E-state index in [0.717, 1.165) is 4.96 Å². The minimum atomic E-state index is 1.06. The Kier molecular flexibility index (Phi) is 2.07. The lowest BCUT2D eigenvalue weighted by molar-refractivity contribution is 1.22. The summed E-state index contributed by atoms with van der Waals surface area (Å²) in [7, 11) is 0. The fourth-order valence-electron chi connectivity index (χ4n) is 1.94. The van der Waals surface area contributed by atoms with Gasteiger partial charge in [0.2, 0.25) is 0 Å². The van der Waals surface area contributed by atoms with Crippen LogP contribution in [0.1, 0.15) is 10.4 Å². The van der Waals surface area contributed by atoms with Gasteiger partial charge in [-0.2, -0.15) is 0 Å². The quantitative estimate of drug-likeness (QED) is 0.621. The number of aromatic nitrogens is 2. The zero-order chi connectivity index (χ0) is 11.1. The van der Waals surface area contributed by atoms with Crippen LogP contribution in [-0.2, 0) is 0 Å². The number of aryl methyl sites for hydroxylation is 2. The molecule has 0 radical (unpaired) electrons. The number of hydrogen-bond donors (Lipinski definition) is 0. The van der Waals surface area contributed by atoms with Gasteiger partial charge in [-0.15, -0.1) is 11.3 Å². The Morgan fingerprint density at radius 2 is 1.88 bits per heavy atom. The molecule has 0 spiro atoms. The zero-order valence-electron chi connectivity index (χ0n) is 9.27. The topological polar surface area (TPSA) is 17.3 Å². The van der Waals surface area contributed by atoms with Crippen LogP contribution in [0.3, 0.4) is 0 Å². The van der Waals surface area contributed by atoms with E-state index in [4.69, 9.17) is 0 Å². The van der Waals surface area contributed by atoms with Crippen LogP contribution in [0.4, 0.5) is 0 Å². The number of fused-ring (bicyclic) bond motifs is 1. The van der Waals surface area contributed by atoms with Crippen LogP contribution >= 0.6 is 11.3 Å². The van der Waals surface area contributed by atoms with Gasteiger partial charge >= 0.3 is 0 Å². The Morgan fingerprint density at radius 1 is 1.12 bits per heavy atom. The number of benzene rings is 1. The standard InChI is InChI=1S/C13H12N2S/c1-9-3-5-11(6-4-9)12-10(2)16-13-14-7-8-15(12)13/h3-8H,1-2H3. The van der Waals surface area contributed by atoms with Gasteiger partial charge in [0.1, 0.15) is 0 Å². The molecule has 2 aromatic heterocycles. The lowest BCUT2D eigenvalue weighted by atomic mass is 10.1. The molecule has 80 valence electrons. The average molecular weight is 228 g/mol. The fourth-order valence-corrected chi connectivity index (χ4v) is 2.89. The molecule has 0 aliphatic heterocycles. The van der Waals surface area contributed by atoms with Crippen LogP contribution in [0.15, 0.2) is 36.7 Å². The van der Waals surface area contributed by atoms with E-state index in [9.17, 15) is 0 Å². The largest absolute Gasteiger partial charge is 0.290 e. The first-order valence-corrected chi connectivity index (χ1v) is 6.07. The first-order valence-electron chi connectivity index (χ1n) is 5.25. The van der Waals surface area contributed by atoms with E-state index in [-0.39, 0.29) is 0 Å². The first kappa shape index (κ1) is 9.60. The highest BCUT2D eigenvalue weighted by molar-refractivity contribution is 7.17. The van der Waals surface area contributed by atoms with Crippen molar-refractivity contribution in [2.75, 3.05) is 0 Å². The van der Waals surface area contributed by atoms with Crippen molar-refractivity contribution in [1.29, 1.82) is 0 Å². The molecule has 2 heterocycles. The monoisotopic (exact) mass is 228 g/mol. The van der Waals surface area contributed by atoms with Crippen LogP contribution in [0.25, 0.3) is 16.2 Å². The van der Waals surface area contributed by atoms with Gasteiger partial charge in [-0.25, -0.2) is 4.98 Å². The van der Waals surface area contributed by atoms with E-state index < -0.39 is 0 Å². The Morgan fingerprint density at radius 3 is 2.62 bits per heavy atom. The third kappa shape index (κ3) is 1.36. The van der Waals surface area contributed by atoms with E-state index in [1.165, 1.54) is 21.7 Å². The second kappa shape index (κ2) is 3.46. The summed E-state index contributed by atoms with van der Waals surface area (Å²) in [6, 6.07) is 8.64. The molecular formula is C13H12N2S. The maximum absolute atomic E-state index is 4.32. The van der Waals surface area contributed by atoms with Gasteiger partial charge < -0.3 is 0 Å². The van der Waals surface area contributed by atoms with Crippen molar-refractivity contribution in [2.45, 2.75) is 13.8 Å². The molecule has 3 aromatic rings. The van der Waals surface area contributed by atoms with Crippen molar-refractivity contribution >= 4 is 16.3 Å². The summed E-state index contributed by atoms with van der Waals surface area (Å²) < 4.78 is 2.16. The van der Waals surface area contributed by atoms with Crippen LogP contribution in [0, 0.1) is 13.8 Å². The number of nitrogens with zero attached hydrogens (tertiary/aromatic N) is 2. The SMILES string of the molecule is Cc1ccc(-c2c(C)sc3nccn23)cc1. The smallest absolute Gasteiger partial charge is 0.194 e. The lowest BCUT2D eigenvalue weighted by Crippen LogP contribution is -1.86.